The van der Waals surface area contributed by atoms with Crippen LogP contribution >= 0.6 is 0 Å². The normalized spacial score (nSPS) is 11.7. The number of benzene rings is 9. The van der Waals surface area contributed by atoms with Gasteiger partial charge in [0.2, 0.25) is 0 Å². The average Bonchev–Trinajstić information content (AvgIpc) is 3.85. The van der Waals surface area contributed by atoms with E-state index in [0.29, 0.717) is 0 Å². The lowest BCUT2D eigenvalue weighted by Crippen LogP contribution is -1.99. The SMILES string of the molecule is c1ccc(-c2cccc(-n3c4ccccc4c4ccc5c6ccccc6n(-c6cccc(-c7cc(-c8ccccc8)cc(-c8ccc9ccccc9c8)n7)c6)c5c43)c2)cc1. The van der Waals surface area contributed by atoms with Crippen molar-refractivity contribution in [3.05, 3.63) is 224 Å². The number of rotatable bonds is 6. The highest BCUT2D eigenvalue weighted by Gasteiger charge is 2.22. The van der Waals surface area contributed by atoms with Crippen molar-refractivity contribution in [3.63, 3.8) is 0 Å². The first-order chi connectivity index (χ1) is 29.7. The minimum absolute atomic E-state index is 0.930. The van der Waals surface area contributed by atoms with E-state index < -0.39 is 0 Å². The largest absolute Gasteiger partial charge is 0.307 e. The van der Waals surface area contributed by atoms with E-state index in [2.05, 4.69) is 234 Å². The van der Waals surface area contributed by atoms with Crippen molar-refractivity contribution in [3.8, 4) is 56.1 Å². The third-order valence-corrected chi connectivity index (χ3v) is 12.1. The highest BCUT2D eigenvalue weighted by Crippen LogP contribution is 2.42. The predicted octanol–water partition coefficient (Wildman–Crippen LogP) is 15.1. The number of hydrogen-bond acceptors (Lipinski definition) is 1. The lowest BCUT2D eigenvalue weighted by molar-refractivity contribution is 1.15. The summed E-state index contributed by atoms with van der Waals surface area (Å²) in [6.45, 7) is 0. The van der Waals surface area contributed by atoms with Gasteiger partial charge in [-0.05, 0) is 87.6 Å². The van der Waals surface area contributed by atoms with Crippen molar-refractivity contribution < 1.29 is 0 Å². The summed E-state index contributed by atoms with van der Waals surface area (Å²) in [4.78, 5) is 5.41. The highest BCUT2D eigenvalue weighted by atomic mass is 15.0. The molecule has 280 valence electrons. The third-order valence-electron chi connectivity index (χ3n) is 12.1. The molecule has 0 unspecified atom stereocenters. The van der Waals surface area contributed by atoms with E-state index in [9.17, 15) is 0 Å². The second kappa shape index (κ2) is 13.8. The minimum atomic E-state index is 0.930. The zero-order valence-electron chi connectivity index (χ0n) is 32.7. The summed E-state index contributed by atoms with van der Waals surface area (Å²) < 4.78 is 4.94. The van der Waals surface area contributed by atoms with Gasteiger partial charge < -0.3 is 9.13 Å². The van der Waals surface area contributed by atoms with Gasteiger partial charge in [0.15, 0.2) is 0 Å². The van der Waals surface area contributed by atoms with Crippen LogP contribution in [0.5, 0.6) is 0 Å². The second-order valence-electron chi connectivity index (χ2n) is 15.6. The highest BCUT2D eigenvalue weighted by molar-refractivity contribution is 6.23. The van der Waals surface area contributed by atoms with Crippen LogP contribution in [-0.2, 0) is 0 Å². The maximum Gasteiger partial charge on any atom is 0.0788 e. The molecular formula is C57H37N3. The van der Waals surface area contributed by atoms with E-state index in [0.717, 1.165) is 50.5 Å². The Labute approximate surface area is 347 Å². The molecule has 0 saturated heterocycles. The number of nitrogens with zero attached hydrogens (tertiary/aromatic N) is 3. The summed E-state index contributed by atoms with van der Waals surface area (Å²) >= 11 is 0. The van der Waals surface area contributed by atoms with Crippen molar-refractivity contribution >= 4 is 54.4 Å². The molecular weight excluding hydrogens is 727 g/mol. The minimum Gasteiger partial charge on any atom is -0.307 e. The van der Waals surface area contributed by atoms with Crippen molar-refractivity contribution in [2.24, 2.45) is 0 Å². The van der Waals surface area contributed by atoms with Gasteiger partial charge in [-0.3, -0.25) is 0 Å². The molecule has 9 aromatic carbocycles. The Bertz CT molecular complexity index is 3590. The first-order valence-corrected chi connectivity index (χ1v) is 20.5. The molecule has 12 rings (SSSR count). The van der Waals surface area contributed by atoms with Crippen LogP contribution in [0.15, 0.2) is 224 Å². The molecule has 0 aliphatic heterocycles. The van der Waals surface area contributed by atoms with Gasteiger partial charge in [0, 0.05) is 44.0 Å². The predicted molar refractivity (Wildman–Crippen MR) is 252 cm³/mol. The van der Waals surface area contributed by atoms with Crippen LogP contribution in [0.4, 0.5) is 0 Å². The van der Waals surface area contributed by atoms with E-state index in [4.69, 9.17) is 4.98 Å². The summed E-state index contributed by atoms with van der Waals surface area (Å²) in [7, 11) is 0. The number of hydrogen-bond donors (Lipinski definition) is 0. The maximum absolute atomic E-state index is 5.41. The molecule has 0 aliphatic rings. The third kappa shape index (κ3) is 5.55. The number of para-hydroxylation sites is 2. The molecule has 0 amide bonds. The molecule has 0 N–H and O–H groups in total. The lowest BCUT2D eigenvalue weighted by Gasteiger charge is -2.15. The van der Waals surface area contributed by atoms with Gasteiger partial charge in [0.05, 0.1) is 33.5 Å². The molecule has 3 heteroatoms. The van der Waals surface area contributed by atoms with Gasteiger partial charge in [-0.15, -0.1) is 0 Å². The molecule has 0 spiro atoms. The van der Waals surface area contributed by atoms with Crippen LogP contribution in [-0.4, -0.2) is 14.1 Å². The quantitative estimate of drug-likeness (QED) is 0.165. The Hall–Kier alpha value is -8.01. The fraction of sp³-hybridized carbons (Fsp3) is 0. The average molecular weight is 764 g/mol. The molecule has 0 bridgehead atoms. The summed E-state index contributed by atoms with van der Waals surface area (Å²) in [6.07, 6.45) is 0. The molecule has 0 fully saturated rings. The van der Waals surface area contributed by atoms with E-state index in [-0.39, 0.29) is 0 Å². The van der Waals surface area contributed by atoms with Gasteiger partial charge >= 0.3 is 0 Å². The molecule has 3 aromatic heterocycles. The standard InChI is InChI=1S/C57H37N3/c1-3-15-38(16-4-1)42-21-13-23-46(34-42)59-54-27-11-9-25-48(54)50-31-32-51-49-26-10-12-28-55(49)60(57(51)56(50)59)47-24-14-22-43(35-47)52-36-45(39-17-5-2-6-18-39)37-53(58-52)44-30-29-40-19-7-8-20-41(40)33-44/h1-37H. The fourth-order valence-electron chi connectivity index (χ4n) is 9.27. The van der Waals surface area contributed by atoms with Crippen LogP contribution < -0.4 is 0 Å². The van der Waals surface area contributed by atoms with Crippen LogP contribution in [0, 0.1) is 0 Å². The monoisotopic (exact) mass is 763 g/mol. The van der Waals surface area contributed by atoms with Gasteiger partial charge in [-0.2, -0.15) is 0 Å². The molecule has 12 aromatic rings. The van der Waals surface area contributed by atoms with Gasteiger partial charge in [0.1, 0.15) is 0 Å². The molecule has 0 radical (unpaired) electrons. The van der Waals surface area contributed by atoms with Crippen molar-refractivity contribution in [1.29, 1.82) is 0 Å². The smallest absolute Gasteiger partial charge is 0.0788 e. The Morgan fingerprint density at radius 1 is 0.267 bits per heavy atom. The van der Waals surface area contributed by atoms with Crippen LogP contribution in [0.1, 0.15) is 0 Å². The Morgan fingerprint density at radius 3 is 1.35 bits per heavy atom. The van der Waals surface area contributed by atoms with Crippen LogP contribution in [0.2, 0.25) is 0 Å². The molecule has 0 aliphatic carbocycles. The summed E-state index contributed by atoms with van der Waals surface area (Å²) in [5.41, 5.74) is 15.6. The van der Waals surface area contributed by atoms with Crippen molar-refractivity contribution in [1.82, 2.24) is 14.1 Å². The number of aromatic nitrogens is 3. The zero-order valence-corrected chi connectivity index (χ0v) is 32.7. The molecule has 0 saturated carbocycles. The van der Waals surface area contributed by atoms with E-state index in [1.165, 1.54) is 60.0 Å². The number of fused-ring (bicyclic) bond motifs is 8. The Kier molecular flexibility index (Phi) is 7.85. The van der Waals surface area contributed by atoms with Gasteiger partial charge in [-0.1, -0.05) is 170 Å². The topological polar surface area (TPSA) is 22.8 Å². The maximum atomic E-state index is 5.41. The van der Waals surface area contributed by atoms with Crippen molar-refractivity contribution in [2.75, 3.05) is 0 Å². The second-order valence-corrected chi connectivity index (χ2v) is 15.6. The Morgan fingerprint density at radius 2 is 0.733 bits per heavy atom. The molecule has 3 heterocycles. The first kappa shape index (κ1) is 34.1. The van der Waals surface area contributed by atoms with E-state index >= 15 is 0 Å². The molecule has 0 atom stereocenters. The zero-order chi connectivity index (χ0) is 39.6. The summed E-state index contributed by atoms with van der Waals surface area (Å²) in [5.74, 6) is 0. The Balaban J connectivity index is 1.11. The van der Waals surface area contributed by atoms with Gasteiger partial charge in [0.25, 0.3) is 0 Å². The molecule has 3 nitrogen and oxygen atoms in total. The summed E-state index contributed by atoms with van der Waals surface area (Å²) in [5, 5.41) is 7.31. The van der Waals surface area contributed by atoms with Crippen LogP contribution in [0.3, 0.4) is 0 Å². The van der Waals surface area contributed by atoms with E-state index in [1.54, 1.807) is 0 Å². The van der Waals surface area contributed by atoms with E-state index in [1.807, 2.05) is 0 Å². The first-order valence-electron chi connectivity index (χ1n) is 20.5. The van der Waals surface area contributed by atoms with Crippen LogP contribution in [0.25, 0.3) is 111 Å². The summed E-state index contributed by atoms with van der Waals surface area (Å²) in [6, 6.07) is 81.1. The van der Waals surface area contributed by atoms with Crippen molar-refractivity contribution in [2.45, 2.75) is 0 Å². The lowest BCUT2D eigenvalue weighted by atomic mass is 9.98. The molecule has 60 heavy (non-hydrogen) atoms. The fourth-order valence-corrected chi connectivity index (χ4v) is 9.27. The number of pyridine rings is 1. The van der Waals surface area contributed by atoms with Gasteiger partial charge in [-0.25, -0.2) is 4.98 Å².